The van der Waals surface area contributed by atoms with Gasteiger partial charge in [-0.25, -0.2) is 0 Å². The molecule has 11 rings (SSSR count). The van der Waals surface area contributed by atoms with Crippen molar-refractivity contribution in [3.05, 3.63) is 118 Å². The minimum atomic E-state index is -0.671. The molecule has 1 aliphatic carbocycles. The highest BCUT2D eigenvalue weighted by atomic mass is 16.5. The number of carbonyl (C=O) groups is 4. The van der Waals surface area contributed by atoms with Crippen molar-refractivity contribution in [3.8, 4) is 11.5 Å². The molecule has 6 heterocycles. The van der Waals surface area contributed by atoms with Crippen molar-refractivity contribution in [1.29, 1.82) is 0 Å². The third kappa shape index (κ3) is 6.70. The van der Waals surface area contributed by atoms with E-state index in [1.54, 1.807) is 4.90 Å². The van der Waals surface area contributed by atoms with Gasteiger partial charge in [-0.2, -0.15) is 0 Å². The Kier molecular flexibility index (Phi) is 9.32. The summed E-state index contributed by atoms with van der Waals surface area (Å²) < 4.78 is 6.36. The monoisotopic (exact) mass is 820 g/mol. The van der Waals surface area contributed by atoms with Crippen LogP contribution in [0.25, 0.3) is 0 Å². The second-order valence-electron chi connectivity index (χ2n) is 18.5. The van der Waals surface area contributed by atoms with Crippen LogP contribution in [0.5, 0.6) is 11.5 Å². The van der Waals surface area contributed by atoms with Crippen LogP contribution in [0.3, 0.4) is 0 Å². The van der Waals surface area contributed by atoms with Crippen LogP contribution in [0.4, 0.5) is 11.4 Å². The predicted molar refractivity (Wildman–Crippen MR) is 230 cm³/mol. The number of piperazine rings is 1. The zero-order valence-electron chi connectivity index (χ0n) is 34.4. The molecule has 0 aromatic heterocycles. The van der Waals surface area contributed by atoms with Crippen molar-refractivity contribution in [3.63, 3.8) is 0 Å². The number of benzene rings is 4. The molecule has 4 atom stereocenters. The van der Waals surface area contributed by atoms with E-state index in [1.165, 1.54) is 27.9 Å². The normalized spacial score (nSPS) is 25.5. The van der Waals surface area contributed by atoms with Gasteiger partial charge >= 0.3 is 0 Å². The Bertz CT molecular complexity index is 2410. The van der Waals surface area contributed by atoms with Gasteiger partial charge in [0.05, 0.1) is 24.8 Å². The quantitative estimate of drug-likeness (QED) is 0.258. The number of imide groups is 1. The van der Waals surface area contributed by atoms with E-state index in [1.807, 2.05) is 29.2 Å². The number of piperidine rings is 2. The van der Waals surface area contributed by atoms with Crippen LogP contribution in [0.15, 0.2) is 84.9 Å². The highest BCUT2D eigenvalue weighted by Gasteiger charge is 2.47. The Labute approximate surface area is 356 Å². The number of phenolic OH excluding ortho intramolecular Hbond substituents is 1. The van der Waals surface area contributed by atoms with E-state index in [0.29, 0.717) is 62.2 Å². The van der Waals surface area contributed by atoms with Gasteiger partial charge in [0.25, 0.3) is 5.91 Å². The molecule has 6 aliphatic heterocycles. The first-order chi connectivity index (χ1) is 29.7. The Morgan fingerprint density at radius 3 is 2.43 bits per heavy atom. The number of hydrogen-bond acceptors (Lipinski definition) is 9. The first kappa shape index (κ1) is 38.1. The van der Waals surface area contributed by atoms with Gasteiger partial charge < -0.3 is 29.4 Å². The number of hydrogen-bond donors (Lipinski definition) is 2. The molecule has 1 spiro atoms. The fraction of sp³-hybridized carbons (Fsp3) is 0.429. The lowest BCUT2D eigenvalue weighted by atomic mass is 9.69. The molecule has 4 saturated heterocycles. The van der Waals surface area contributed by atoms with Crippen molar-refractivity contribution >= 4 is 35.0 Å². The smallest absolute Gasteiger partial charge is 0.255 e. The van der Waals surface area contributed by atoms with Crippen molar-refractivity contribution < 1.29 is 29.0 Å². The van der Waals surface area contributed by atoms with Crippen LogP contribution in [-0.2, 0) is 27.3 Å². The number of aryl methyl sites for hydroxylation is 1. The van der Waals surface area contributed by atoms with Gasteiger partial charge in [0.2, 0.25) is 17.7 Å². The summed E-state index contributed by atoms with van der Waals surface area (Å²) in [6.45, 7) is 6.98. The number of ether oxygens (including phenoxy) is 1. The molecule has 12 heteroatoms. The Balaban J connectivity index is 0.679. The fourth-order valence-electron chi connectivity index (χ4n) is 11.7. The zero-order chi connectivity index (χ0) is 41.4. The van der Waals surface area contributed by atoms with Crippen LogP contribution < -0.4 is 19.9 Å². The number of fused-ring (bicyclic) bond motifs is 6. The molecule has 2 N–H and O–H groups in total. The van der Waals surface area contributed by atoms with Gasteiger partial charge in [0.1, 0.15) is 24.1 Å². The van der Waals surface area contributed by atoms with Crippen molar-refractivity contribution in [2.75, 3.05) is 68.8 Å². The molecule has 4 aromatic carbocycles. The second-order valence-corrected chi connectivity index (χ2v) is 18.5. The second kappa shape index (κ2) is 14.9. The van der Waals surface area contributed by atoms with E-state index < -0.39 is 11.9 Å². The number of aromatic hydroxyl groups is 1. The van der Waals surface area contributed by atoms with Crippen LogP contribution in [0.1, 0.15) is 82.1 Å². The predicted octanol–water partition coefficient (Wildman–Crippen LogP) is 5.03. The van der Waals surface area contributed by atoms with Crippen LogP contribution in [-0.4, -0.2) is 114 Å². The van der Waals surface area contributed by atoms with E-state index in [2.05, 4.69) is 80.7 Å². The molecule has 61 heavy (non-hydrogen) atoms. The summed E-state index contributed by atoms with van der Waals surface area (Å²) >= 11 is 0. The number of anilines is 2. The number of rotatable bonds is 6. The summed E-state index contributed by atoms with van der Waals surface area (Å²) in [4.78, 5) is 62.1. The van der Waals surface area contributed by atoms with E-state index in [-0.39, 0.29) is 48.1 Å². The summed E-state index contributed by atoms with van der Waals surface area (Å²) in [5.74, 6) is 0.884. The van der Waals surface area contributed by atoms with Gasteiger partial charge in [-0.3, -0.25) is 29.4 Å². The summed E-state index contributed by atoms with van der Waals surface area (Å²) in [5, 5.41) is 12.6. The third-order valence-corrected chi connectivity index (χ3v) is 14.9. The molecule has 4 amide bonds. The summed E-state index contributed by atoms with van der Waals surface area (Å²) in [7, 11) is 0. The number of likely N-dealkylation sites (tertiary alicyclic amines) is 1. The number of carbonyl (C=O) groups excluding carboxylic acids is 4. The lowest BCUT2D eigenvalue weighted by Gasteiger charge is -2.54. The lowest BCUT2D eigenvalue weighted by Crippen LogP contribution is -2.64. The average molecular weight is 821 g/mol. The van der Waals surface area contributed by atoms with Gasteiger partial charge in [0.15, 0.2) is 0 Å². The van der Waals surface area contributed by atoms with Crippen molar-refractivity contribution in [2.24, 2.45) is 5.41 Å². The van der Waals surface area contributed by atoms with Crippen molar-refractivity contribution in [2.45, 2.75) is 69.0 Å². The van der Waals surface area contributed by atoms with Crippen LogP contribution >= 0.6 is 0 Å². The number of phenols is 1. The molecule has 0 saturated carbocycles. The SMILES string of the molecule is O=C1CCC(N2Cc3c(ccc4c3OC[C@H]3CN(C(=O)CN5CC6(CCN(c7ccc([C@@H]8c9ccc(O)cc9CCC8c8ccccc8)cc7)CC6)C5)CCN43)C2=O)C(=O)N1. The van der Waals surface area contributed by atoms with E-state index in [4.69, 9.17) is 4.74 Å². The molecule has 4 fully saturated rings. The Hall–Kier alpha value is -5.88. The van der Waals surface area contributed by atoms with E-state index in [9.17, 15) is 24.3 Å². The summed E-state index contributed by atoms with van der Waals surface area (Å²) in [5.41, 5.74) is 9.06. The summed E-state index contributed by atoms with van der Waals surface area (Å²) in [6.07, 6.45) is 4.79. The maximum atomic E-state index is 13.7. The Morgan fingerprint density at radius 2 is 1.64 bits per heavy atom. The molecule has 0 bridgehead atoms. The molecule has 0 radical (unpaired) electrons. The van der Waals surface area contributed by atoms with Crippen molar-refractivity contribution in [1.82, 2.24) is 20.0 Å². The largest absolute Gasteiger partial charge is 0.508 e. The fourth-order valence-corrected chi connectivity index (χ4v) is 11.7. The maximum absolute atomic E-state index is 13.7. The highest BCUT2D eigenvalue weighted by molar-refractivity contribution is 6.06. The average Bonchev–Trinajstić information content (AvgIpc) is 3.61. The molecule has 2 unspecified atom stereocenters. The van der Waals surface area contributed by atoms with Gasteiger partial charge in [-0.1, -0.05) is 48.5 Å². The molecule has 314 valence electrons. The third-order valence-electron chi connectivity index (χ3n) is 14.9. The standard InChI is InChI=1S/C49H52N6O6/c56-36-11-13-38-33(24-36)8-12-37(31-4-2-1-3-5-31)45(38)32-6-9-34(10-7-32)52-20-18-49(19-21-52)29-51(30-49)27-44(58)53-22-23-54-35(25-53)28-61-46-40-26-55(42-16-17-43(57)50-47(42)59)48(60)39(40)14-15-41(46)54/h1-7,9-11,13-15,24,35,37,42,45,56H,8,12,16-23,25-30H2,(H,50,57,59)/t35-,37?,42?,45+/m1/s1. The maximum Gasteiger partial charge on any atom is 0.255 e. The minimum absolute atomic E-state index is 0.0194. The number of nitrogens with one attached hydrogen (secondary N) is 1. The van der Waals surface area contributed by atoms with Gasteiger partial charge in [-0.05, 0) is 102 Å². The summed E-state index contributed by atoms with van der Waals surface area (Å²) in [6, 6.07) is 29.1. The van der Waals surface area contributed by atoms with E-state index in [0.717, 1.165) is 63.1 Å². The first-order valence-electron chi connectivity index (χ1n) is 22.1. The topological polar surface area (TPSA) is 126 Å². The highest BCUT2D eigenvalue weighted by Crippen LogP contribution is 2.48. The van der Waals surface area contributed by atoms with Gasteiger partial charge in [0, 0.05) is 75.0 Å². The zero-order valence-corrected chi connectivity index (χ0v) is 34.4. The lowest BCUT2D eigenvalue weighted by molar-refractivity contribution is -0.138. The van der Waals surface area contributed by atoms with Crippen LogP contribution in [0, 0.1) is 5.41 Å². The molecular formula is C49H52N6O6. The first-order valence-corrected chi connectivity index (χ1v) is 22.1. The van der Waals surface area contributed by atoms with Gasteiger partial charge in [-0.15, -0.1) is 0 Å². The molecular weight excluding hydrogens is 769 g/mol. The Morgan fingerprint density at radius 1 is 0.836 bits per heavy atom. The van der Waals surface area contributed by atoms with E-state index >= 15 is 0 Å². The van der Waals surface area contributed by atoms with Crippen LogP contribution in [0.2, 0.25) is 0 Å². The number of amides is 4. The minimum Gasteiger partial charge on any atom is -0.508 e. The number of nitrogens with zero attached hydrogens (tertiary/aromatic N) is 5. The molecule has 4 aromatic rings. The molecule has 12 nitrogen and oxygen atoms in total. The molecule has 7 aliphatic rings.